The Hall–Kier alpha value is -2.98. The minimum absolute atomic E-state index is 0.0137. The van der Waals surface area contributed by atoms with Crippen LogP contribution in [-0.4, -0.2) is 53.0 Å². The molecule has 6 rings (SSSR count). The number of rotatable bonds is 3. The van der Waals surface area contributed by atoms with Gasteiger partial charge in [0.15, 0.2) is 22.7 Å². The Balaban J connectivity index is 1.35. The van der Waals surface area contributed by atoms with Crippen LogP contribution in [0.15, 0.2) is 34.9 Å². The second kappa shape index (κ2) is 5.77. The number of phenols is 1. The lowest BCUT2D eigenvalue weighted by Gasteiger charge is -2.26. The first-order valence-electron chi connectivity index (χ1n) is 9.14. The van der Waals surface area contributed by atoms with E-state index in [1.807, 2.05) is 0 Å². The van der Waals surface area contributed by atoms with E-state index >= 15 is 0 Å². The van der Waals surface area contributed by atoms with Crippen molar-refractivity contribution in [2.45, 2.75) is 18.3 Å². The van der Waals surface area contributed by atoms with Crippen LogP contribution >= 0.6 is 11.3 Å². The van der Waals surface area contributed by atoms with Gasteiger partial charge in [0.05, 0.1) is 36.7 Å². The van der Waals surface area contributed by atoms with E-state index in [0.717, 1.165) is 0 Å². The van der Waals surface area contributed by atoms with Crippen molar-refractivity contribution in [3.63, 3.8) is 0 Å². The van der Waals surface area contributed by atoms with Gasteiger partial charge in [0.25, 0.3) is 0 Å². The molecule has 4 aliphatic heterocycles. The number of ether oxygens (including phenoxy) is 2. The first kappa shape index (κ1) is 16.9. The van der Waals surface area contributed by atoms with Crippen LogP contribution in [0.2, 0.25) is 0 Å². The van der Waals surface area contributed by atoms with Gasteiger partial charge in [-0.1, -0.05) is 5.16 Å². The molecule has 1 N–H and O–H groups in total. The first-order chi connectivity index (χ1) is 14.1. The summed E-state index contributed by atoms with van der Waals surface area (Å²) >= 11 is 1.25. The molecule has 0 radical (unpaired) electrons. The van der Waals surface area contributed by atoms with Crippen LogP contribution in [0.3, 0.4) is 0 Å². The number of carbonyl (C=O) groups is 2. The number of imide groups is 1. The normalized spacial score (nSPS) is 34.2. The van der Waals surface area contributed by atoms with Gasteiger partial charge >= 0.3 is 0 Å². The number of anilines is 1. The summed E-state index contributed by atoms with van der Waals surface area (Å²) in [4.78, 5) is 37.1. The number of phenolic OH excluding ortho intramolecular Hbond substituents is 1. The van der Waals surface area contributed by atoms with Gasteiger partial charge in [-0.2, -0.15) is 0 Å². The van der Waals surface area contributed by atoms with E-state index in [1.165, 1.54) is 23.3 Å². The fourth-order valence-electron chi connectivity index (χ4n) is 4.96. The van der Waals surface area contributed by atoms with Crippen LogP contribution in [0.5, 0.6) is 11.5 Å². The number of hydrogen-bond acceptors (Lipinski definition) is 9. The molecule has 1 aromatic carbocycles. The number of oxime groups is 1. The summed E-state index contributed by atoms with van der Waals surface area (Å²) in [5.74, 6) is -1.70. The number of aromatic hydroxyl groups is 1. The van der Waals surface area contributed by atoms with Gasteiger partial charge in [0.2, 0.25) is 11.8 Å². The second-order valence-corrected chi connectivity index (χ2v) is 8.28. The molecule has 5 heterocycles. The Bertz CT molecular complexity index is 1070. The predicted molar refractivity (Wildman–Crippen MR) is 99.8 cm³/mol. The fourth-order valence-corrected chi connectivity index (χ4v) is 5.61. The molecule has 29 heavy (non-hydrogen) atoms. The lowest BCUT2D eigenvalue weighted by Crippen LogP contribution is -2.45. The van der Waals surface area contributed by atoms with Crippen molar-refractivity contribution in [1.29, 1.82) is 0 Å². The number of amides is 2. The first-order valence-corrected chi connectivity index (χ1v) is 10.0. The molecule has 0 spiro atoms. The van der Waals surface area contributed by atoms with Gasteiger partial charge in [-0.3, -0.25) is 9.59 Å². The Kier molecular flexibility index (Phi) is 3.37. The van der Waals surface area contributed by atoms with Crippen molar-refractivity contribution in [2.24, 2.45) is 22.9 Å². The third-order valence-corrected chi connectivity index (χ3v) is 6.88. The maximum atomic E-state index is 13.1. The van der Waals surface area contributed by atoms with Gasteiger partial charge in [-0.15, -0.1) is 11.3 Å². The van der Waals surface area contributed by atoms with Gasteiger partial charge in [0, 0.05) is 17.1 Å². The molecule has 2 bridgehead atoms. The predicted octanol–water partition coefficient (Wildman–Crippen LogP) is 1.16. The number of nitrogens with zero attached hydrogens (tertiary/aromatic N) is 3. The molecule has 0 saturated carbocycles. The number of carbonyl (C=O) groups excluding carboxylic acids is 2. The Morgan fingerprint density at radius 1 is 1.14 bits per heavy atom. The second-order valence-electron chi connectivity index (χ2n) is 7.40. The molecule has 9 nitrogen and oxygen atoms in total. The topological polar surface area (TPSA) is 111 Å². The molecule has 2 amide bonds. The minimum atomic E-state index is -0.587. The summed E-state index contributed by atoms with van der Waals surface area (Å²) in [5, 5.41) is 16.5. The molecule has 0 unspecified atom stereocenters. The summed E-state index contributed by atoms with van der Waals surface area (Å²) < 4.78 is 11.2. The van der Waals surface area contributed by atoms with Crippen LogP contribution in [0.4, 0.5) is 5.13 Å². The number of thiazole rings is 1. The number of hydrogen-bond donors (Lipinski definition) is 1. The largest absolute Gasteiger partial charge is 0.504 e. The monoisotopic (exact) mass is 413 g/mol. The highest BCUT2D eigenvalue weighted by molar-refractivity contribution is 7.14. The third kappa shape index (κ3) is 2.07. The number of methoxy groups -OCH3 is 1. The van der Waals surface area contributed by atoms with Crippen LogP contribution in [-0.2, 0) is 19.2 Å². The molecule has 10 heteroatoms. The zero-order valence-corrected chi connectivity index (χ0v) is 15.9. The van der Waals surface area contributed by atoms with Gasteiger partial charge in [0.1, 0.15) is 6.10 Å². The van der Waals surface area contributed by atoms with E-state index < -0.39 is 30.1 Å². The molecule has 6 atom stereocenters. The third-order valence-electron chi connectivity index (χ3n) is 6.13. The number of benzene rings is 1. The molecule has 1 aromatic heterocycles. The molecule has 3 saturated heterocycles. The van der Waals surface area contributed by atoms with Gasteiger partial charge < -0.3 is 19.4 Å². The summed E-state index contributed by atoms with van der Waals surface area (Å²) in [6.07, 6.45) is 0.0818. The zero-order chi connectivity index (χ0) is 19.9. The zero-order valence-electron chi connectivity index (χ0n) is 15.1. The molecular formula is C19H15N3O6S. The number of fused-ring (bicyclic) bond motifs is 8. The molecule has 0 aliphatic carbocycles. The van der Waals surface area contributed by atoms with Gasteiger partial charge in [-0.05, 0) is 18.2 Å². The van der Waals surface area contributed by atoms with Crippen molar-refractivity contribution in [3.8, 4) is 11.5 Å². The van der Waals surface area contributed by atoms with Crippen LogP contribution in [0.25, 0.3) is 0 Å². The van der Waals surface area contributed by atoms with E-state index in [4.69, 9.17) is 14.3 Å². The molecule has 148 valence electrons. The highest BCUT2D eigenvalue weighted by Crippen LogP contribution is 2.55. The fraction of sp³-hybridized carbons (Fsp3) is 0.368. The standard InChI is InChI=1S/C19H15N3O6S/c1-26-9-3-2-7(6-8(9)23)13-12-14-10-11(15(27-14)16(12)28-21-13)18(25)22(17(10)24)19-20-4-5-29-19/h2-6,10-12,14-16,23H,1H3/t10-,11+,12-,14-,15+,16-/m1/s1. The number of aromatic nitrogens is 1. The average molecular weight is 413 g/mol. The highest BCUT2D eigenvalue weighted by Gasteiger charge is 2.72. The summed E-state index contributed by atoms with van der Waals surface area (Å²) in [6.45, 7) is 0. The van der Waals surface area contributed by atoms with E-state index in [2.05, 4.69) is 10.1 Å². The maximum absolute atomic E-state index is 13.1. The lowest BCUT2D eigenvalue weighted by molar-refractivity contribution is -0.125. The van der Waals surface area contributed by atoms with Crippen molar-refractivity contribution >= 4 is 34.0 Å². The smallest absolute Gasteiger partial charge is 0.242 e. The maximum Gasteiger partial charge on any atom is 0.242 e. The quantitative estimate of drug-likeness (QED) is 0.752. The van der Waals surface area contributed by atoms with E-state index in [-0.39, 0.29) is 23.5 Å². The Morgan fingerprint density at radius 2 is 1.93 bits per heavy atom. The highest BCUT2D eigenvalue weighted by atomic mass is 32.1. The van der Waals surface area contributed by atoms with Crippen molar-refractivity contribution in [2.75, 3.05) is 12.0 Å². The SMILES string of the molecule is COc1ccc(C2=NO[C@H]3[C@H]4O[C@@H]([C@@H]23)[C@@H]2C(=O)N(c3nccs3)C(=O)[C@H]42)cc1O. The lowest BCUT2D eigenvalue weighted by atomic mass is 9.71. The molecular weight excluding hydrogens is 398 g/mol. The average Bonchev–Trinajstić information content (AvgIpc) is 3.49. The van der Waals surface area contributed by atoms with E-state index in [0.29, 0.717) is 22.2 Å². The summed E-state index contributed by atoms with van der Waals surface area (Å²) in [7, 11) is 1.47. The molecule has 2 aromatic rings. The van der Waals surface area contributed by atoms with Crippen molar-refractivity contribution in [1.82, 2.24) is 4.98 Å². The van der Waals surface area contributed by atoms with Crippen LogP contribution in [0, 0.1) is 17.8 Å². The van der Waals surface area contributed by atoms with Crippen molar-refractivity contribution < 1.29 is 29.0 Å². The summed E-state index contributed by atoms with van der Waals surface area (Å²) in [5.41, 5.74) is 1.27. The van der Waals surface area contributed by atoms with Crippen LogP contribution in [0.1, 0.15) is 5.56 Å². The molecule has 3 fully saturated rings. The summed E-state index contributed by atoms with van der Waals surface area (Å²) in [6, 6.07) is 4.97. The Labute approximate surface area is 168 Å². The van der Waals surface area contributed by atoms with Gasteiger partial charge in [-0.25, -0.2) is 9.88 Å². The van der Waals surface area contributed by atoms with Crippen molar-refractivity contribution in [3.05, 3.63) is 35.3 Å². The van der Waals surface area contributed by atoms with E-state index in [1.54, 1.807) is 29.8 Å². The molecule has 4 aliphatic rings. The minimum Gasteiger partial charge on any atom is -0.504 e. The Morgan fingerprint density at radius 3 is 2.62 bits per heavy atom. The van der Waals surface area contributed by atoms with Crippen LogP contribution < -0.4 is 9.64 Å². The van der Waals surface area contributed by atoms with E-state index in [9.17, 15) is 14.7 Å².